The molecule has 0 radical (unpaired) electrons. The molecule has 1 heterocycles. The molecule has 0 atom stereocenters. The predicted octanol–water partition coefficient (Wildman–Crippen LogP) is 4.73. The second-order valence-electron chi connectivity index (χ2n) is 6.46. The molecule has 4 rings (SSSR count). The Morgan fingerprint density at radius 1 is 0.964 bits per heavy atom. The van der Waals surface area contributed by atoms with E-state index in [1.807, 2.05) is 55.5 Å². The number of rotatable bonds is 3. The van der Waals surface area contributed by atoms with E-state index in [9.17, 15) is 4.79 Å². The van der Waals surface area contributed by atoms with Gasteiger partial charge in [-0.1, -0.05) is 48.0 Å². The Kier molecular flexibility index (Phi) is 4.53. The highest BCUT2D eigenvalue weighted by Gasteiger charge is 2.19. The maximum absolute atomic E-state index is 13.3. The third-order valence-corrected chi connectivity index (χ3v) is 4.44. The first kappa shape index (κ1) is 17.4. The second-order valence-corrected chi connectivity index (χ2v) is 6.46. The Bertz CT molecular complexity index is 1230. The summed E-state index contributed by atoms with van der Waals surface area (Å²) >= 11 is 0. The zero-order valence-corrected chi connectivity index (χ0v) is 15.2. The Labute approximate surface area is 162 Å². The fraction of sp³-hybridized carbons (Fsp3) is 0.0435. The number of aromatic nitrogens is 2. The van der Waals surface area contributed by atoms with Gasteiger partial charge in [-0.05, 0) is 37.3 Å². The summed E-state index contributed by atoms with van der Waals surface area (Å²) in [5, 5.41) is 21.4. The Morgan fingerprint density at radius 2 is 1.79 bits per heavy atom. The van der Waals surface area contributed by atoms with Crippen molar-refractivity contribution in [3.8, 4) is 17.3 Å². The van der Waals surface area contributed by atoms with Crippen LogP contribution in [0.4, 0.5) is 5.69 Å². The van der Waals surface area contributed by atoms with Crippen molar-refractivity contribution in [1.29, 1.82) is 5.26 Å². The van der Waals surface area contributed by atoms with Crippen molar-refractivity contribution in [1.82, 2.24) is 10.2 Å². The second kappa shape index (κ2) is 7.29. The highest BCUT2D eigenvalue weighted by molar-refractivity contribution is 6.16. The number of nitriles is 1. The van der Waals surface area contributed by atoms with Crippen LogP contribution in [0.1, 0.15) is 21.5 Å². The molecule has 0 saturated carbocycles. The number of anilines is 1. The molecule has 0 unspecified atom stereocenters. The van der Waals surface area contributed by atoms with Gasteiger partial charge in [0.15, 0.2) is 0 Å². The van der Waals surface area contributed by atoms with Gasteiger partial charge in [0, 0.05) is 16.6 Å². The lowest BCUT2D eigenvalue weighted by Gasteiger charge is -2.12. The number of hydrogen-bond acceptors (Lipinski definition) is 4. The molecule has 0 aliphatic heterocycles. The van der Waals surface area contributed by atoms with E-state index in [1.165, 1.54) is 0 Å². The van der Waals surface area contributed by atoms with E-state index in [2.05, 4.69) is 21.6 Å². The molecule has 0 bridgehead atoms. The van der Waals surface area contributed by atoms with Crippen molar-refractivity contribution < 1.29 is 4.79 Å². The SMILES string of the molecule is Cc1ccc2nnc(-c3ccccc3)c(C(=O)Nc3cccc(C#N)c3)c2c1. The smallest absolute Gasteiger partial charge is 0.258 e. The first-order chi connectivity index (χ1) is 13.7. The summed E-state index contributed by atoms with van der Waals surface area (Å²) in [5.41, 5.74) is 4.51. The number of nitrogens with zero attached hydrogens (tertiary/aromatic N) is 3. The molecule has 1 aromatic heterocycles. The lowest BCUT2D eigenvalue weighted by Crippen LogP contribution is -2.15. The van der Waals surface area contributed by atoms with Crippen LogP contribution in [-0.4, -0.2) is 16.1 Å². The van der Waals surface area contributed by atoms with E-state index < -0.39 is 0 Å². The van der Waals surface area contributed by atoms with Crippen molar-refractivity contribution in [2.75, 3.05) is 5.32 Å². The molecular formula is C23H16N4O. The Morgan fingerprint density at radius 3 is 2.57 bits per heavy atom. The van der Waals surface area contributed by atoms with Crippen LogP contribution in [0.25, 0.3) is 22.2 Å². The van der Waals surface area contributed by atoms with Gasteiger partial charge in [-0.3, -0.25) is 4.79 Å². The third kappa shape index (κ3) is 3.31. The average Bonchev–Trinajstić information content (AvgIpc) is 2.73. The molecule has 134 valence electrons. The van der Waals surface area contributed by atoms with Gasteiger partial charge in [0.1, 0.15) is 5.69 Å². The molecule has 1 amide bonds. The summed E-state index contributed by atoms with van der Waals surface area (Å²) in [6.07, 6.45) is 0. The molecule has 3 aromatic carbocycles. The van der Waals surface area contributed by atoms with Crippen LogP contribution in [-0.2, 0) is 0 Å². The molecule has 4 aromatic rings. The van der Waals surface area contributed by atoms with Crippen molar-refractivity contribution >= 4 is 22.5 Å². The van der Waals surface area contributed by atoms with E-state index in [0.717, 1.165) is 16.5 Å². The monoisotopic (exact) mass is 364 g/mol. The van der Waals surface area contributed by atoms with E-state index in [4.69, 9.17) is 5.26 Å². The maximum atomic E-state index is 13.3. The molecule has 5 nitrogen and oxygen atoms in total. The fourth-order valence-corrected chi connectivity index (χ4v) is 3.11. The van der Waals surface area contributed by atoms with Gasteiger partial charge in [-0.25, -0.2) is 0 Å². The number of aryl methyl sites for hydroxylation is 1. The number of amides is 1. The molecule has 28 heavy (non-hydrogen) atoms. The normalized spacial score (nSPS) is 10.4. The molecule has 0 aliphatic carbocycles. The van der Waals surface area contributed by atoms with Gasteiger partial charge in [0.2, 0.25) is 0 Å². The summed E-state index contributed by atoms with van der Waals surface area (Å²) in [7, 11) is 0. The highest BCUT2D eigenvalue weighted by Crippen LogP contribution is 2.28. The van der Waals surface area contributed by atoms with Gasteiger partial charge in [-0.15, -0.1) is 10.2 Å². The summed E-state index contributed by atoms with van der Waals surface area (Å²) in [6.45, 7) is 1.97. The number of carbonyl (C=O) groups is 1. The maximum Gasteiger partial charge on any atom is 0.258 e. The third-order valence-electron chi connectivity index (χ3n) is 4.44. The number of hydrogen-bond donors (Lipinski definition) is 1. The van der Waals surface area contributed by atoms with Crippen LogP contribution in [0.5, 0.6) is 0 Å². The average molecular weight is 364 g/mol. The van der Waals surface area contributed by atoms with Crippen LogP contribution in [0.15, 0.2) is 72.8 Å². The van der Waals surface area contributed by atoms with Crippen molar-refractivity contribution in [3.63, 3.8) is 0 Å². The lowest BCUT2D eigenvalue weighted by atomic mass is 10.00. The summed E-state index contributed by atoms with van der Waals surface area (Å²) in [4.78, 5) is 13.3. The Balaban J connectivity index is 1.88. The van der Waals surface area contributed by atoms with E-state index in [0.29, 0.717) is 28.0 Å². The summed E-state index contributed by atoms with van der Waals surface area (Å²) in [6, 6.07) is 24.2. The lowest BCUT2D eigenvalue weighted by molar-refractivity contribution is 0.102. The molecule has 5 heteroatoms. The van der Waals surface area contributed by atoms with Gasteiger partial charge in [0.05, 0.1) is 22.7 Å². The largest absolute Gasteiger partial charge is 0.322 e. The number of fused-ring (bicyclic) bond motifs is 1. The highest BCUT2D eigenvalue weighted by atomic mass is 16.1. The summed E-state index contributed by atoms with van der Waals surface area (Å²) in [5.74, 6) is -0.292. The van der Waals surface area contributed by atoms with Crippen LogP contribution in [0.2, 0.25) is 0 Å². The Hall–Kier alpha value is -4.04. The molecule has 0 aliphatic rings. The number of benzene rings is 3. The fourth-order valence-electron chi connectivity index (χ4n) is 3.11. The van der Waals surface area contributed by atoms with Crippen LogP contribution in [0.3, 0.4) is 0 Å². The minimum atomic E-state index is -0.292. The summed E-state index contributed by atoms with van der Waals surface area (Å²) < 4.78 is 0. The first-order valence-corrected chi connectivity index (χ1v) is 8.80. The standard InChI is InChI=1S/C23H16N4O/c1-15-10-11-20-19(12-15)21(22(27-26-20)17-7-3-2-4-8-17)23(28)25-18-9-5-6-16(13-18)14-24/h2-13H,1H3,(H,25,28). The minimum absolute atomic E-state index is 0.292. The van der Waals surface area contributed by atoms with Gasteiger partial charge < -0.3 is 5.32 Å². The quantitative estimate of drug-likeness (QED) is 0.570. The van der Waals surface area contributed by atoms with E-state index in [-0.39, 0.29) is 5.91 Å². The van der Waals surface area contributed by atoms with Crippen molar-refractivity contribution in [3.05, 3.63) is 89.5 Å². The van der Waals surface area contributed by atoms with Crippen LogP contribution < -0.4 is 5.32 Å². The van der Waals surface area contributed by atoms with Gasteiger partial charge in [0.25, 0.3) is 5.91 Å². The zero-order chi connectivity index (χ0) is 19.5. The van der Waals surface area contributed by atoms with Crippen LogP contribution >= 0.6 is 0 Å². The molecule has 0 saturated heterocycles. The van der Waals surface area contributed by atoms with Gasteiger partial charge in [-0.2, -0.15) is 5.26 Å². The molecule has 0 spiro atoms. The van der Waals surface area contributed by atoms with Crippen molar-refractivity contribution in [2.24, 2.45) is 0 Å². The molecular weight excluding hydrogens is 348 g/mol. The predicted molar refractivity (Wildman–Crippen MR) is 109 cm³/mol. The van der Waals surface area contributed by atoms with E-state index in [1.54, 1.807) is 24.3 Å². The number of carbonyl (C=O) groups excluding carboxylic acids is 1. The van der Waals surface area contributed by atoms with Crippen LogP contribution in [0, 0.1) is 18.3 Å². The zero-order valence-electron chi connectivity index (χ0n) is 15.2. The minimum Gasteiger partial charge on any atom is -0.322 e. The van der Waals surface area contributed by atoms with E-state index >= 15 is 0 Å². The van der Waals surface area contributed by atoms with Gasteiger partial charge >= 0.3 is 0 Å². The topological polar surface area (TPSA) is 78.7 Å². The van der Waals surface area contributed by atoms with Crippen molar-refractivity contribution in [2.45, 2.75) is 6.92 Å². The number of nitrogens with one attached hydrogen (secondary N) is 1. The molecule has 1 N–H and O–H groups in total. The molecule has 0 fully saturated rings. The first-order valence-electron chi connectivity index (χ1n) is 8.80.